The number of methoxy groups -OCH3 is 1. The van der Waals surface area contributed by atoms with Gasteiger partial charge in [-0.25, -0.2) is 0 Å². The van der Waals surface area contributed by atoms with Crippen LogP contribution in [0.4, 0.5) is 0 Å². The SMILES string of the molecule is COc1cc(O)c2c(=O)cc(-c3ccc(OCc4ccccc4)c(OCc4ccccc4)c3)oc2c1[C@@H]1O[C@H](COCc2ccccc2)[C@@H](OCc2ccccc2)[C@H](OCc2ccccc2)[C@H]1OCc1ccccc1. The van der Waals surface area contributed by atoms with E-state index in [1.807, 2.05) is 188 Å². The molecule has 11 nitrogen and oxygen atoms in total. The van der Waals surface area contributed by atoms with E-state index >= 15 is 0 Å². The Hall–Kier alpha value is -8.03. The van der Waals surface area contributed by atoms with Crippen LogP contribution in [0.3, 0.4) is 0 Å². The van der Waals surface area contributed by atoms with Crippen LogP contribution in [0, 0.1) is 0 Å². The second-order valence-corrected chi connectivity index (χ2v) is 18.3. The molecule has 380 valence electrons. The molecule has 0 amide bonds. The Morgan fingerprint density at radius 3 is 1.43 bits per heavy atom. The molecule has 5 atom stereocenters. The average Bonchev–Trinajstić information content (AvgIpc) is 3.47. The molecule has 0 saturated carbocycles. The third-order valence-electron chi connectivity index (χ3n) is 13.1. The van der Waals surface area contributed by atoms with Gasteiger partial charge in [0.25, 0.3) is 0 Å². The van der Waals surface area contributed by atoms with Gasteiger partial charge in [-0.2, -0.15) is 0 Å². The first kappa shape index (κ1) is 50.5. The Bertz CT molecular complexity index is 3270. The van der Waals surface area contributed by atoms with Gasteiger partial charge in [0.15, 0.2) is 22.5 Å². The van der Waals surface area contributed by atoms with Crippen LogP contribution in [-0.2, 0) is 63.3 Å². The Morgan fingerprint density at radius 2 is 0.920 bits per heavy atom. The molecule has 1 N–H and O–H groups in total. The van der Waals surface area contributed by atoms with Gasteiger partial charge in [0, 0.05) is 17.7 Å². The zero-order valence-corrected chi connectivity index (χ0v) is 41.6. The molecule has 2 heterocycles. The monoisotopic (exact) mass is 1000 g/mol. The number of ether oxygens (including phenoxy) is 8. The van der Waals surface area contributed by atoms with Crippen LogP contribution in [0.25, 0.3) is 22.3 Å². The lowest BCUT2D eigenvalue weighted by Gasteiger charge is -2.46. The van der Waals surface area contributed by atoms with E-state index in [0.29, 0.717) is 35.8 Å². The van der Waals surface area contributed by atoms with Crippen molar-refractivity contribution in [2.75, 3.05) is 13.7 Å². The molecular formula is C64H58O11. The Balaban J connectivity index is 1.10. The molecule has 1 aliphatic rings. The largest absolute Gasteiger partial charge is 0.507 e. The number of benzene rings is 8. The third kappa shape index (κ3) is 12.7. The van der Waals surface area contributed by atoms with Crippen molar-refractivity contribution in [1.29, 1.82) is 0 Å². The summed E-state index contributed by atoms with van der Waals surface area (Å²) in [7, 11) is 1.49. The molecule has 0 spiro atoms. The van der Waals surface area contributed by atoms with Crippen LogP contribution in [0.2, 0.25) is 0 Å². The fourth-order valence-corrected chi connectivity index (χ4v) is 9.28. The number of hydrogen-bond donors (Lipinski definition) is 1. The van der Waals surface area contributed by atoms with Crippen LogP contribution in [0.5, 0.6) is 23.0 Å². The van der Waals surface area contributed by atoms with E-state index in [1.54, 1.807) is 12.1 Å². The third-order valence-corrected chi connectivity index (χ3v) is 13.1. The highest BCUT2D eigenvalue weighted by Gasteiger charge is 2.51. The molecule has 1 saturated heterocycles. The van der Waals surface area contributed by atoms with Gasteiger partial charge in [-0.05, 0) is 51.6 Å². The number of aromatic hydroxyl groups is 1. The van der Waals surface area contributed by atoms with Crippen molar-refractivity contribution in [3.8, 4) is 34.3 Å². The second kappa shape index (κ2) is 24.8. The summed E-state index contributed by atoms with van der Waals surface area (Å²) >= 11 is 0. The summed E-state index contributed by atoms with van der Waals surface area (Å²) in [6.07, 6.45) is -4.36. The summed E-state index contributed by atoms with van der Waals surface area (Å²) in [5, 5.41) is 11.7. The lowest BCUT2D eigenvalue weighted by Crippen LogP contribution is -2.58. The number of phenols is 1. The van der Waals surface area contributed by atoms with Crippen molar-refractivity contribution in [3.63, 3.8) is 0 Å². The molecule has 1 fully saturated rings. The van der Waals surface area contributed by atoms with E-state index in [9.17, 15) is 9.90 Å². The number of rotatable bonds is 22. The van der Waals surface area contributed by atoms with Gasteiger partial charge in [0.05, 0.1) is 45.7 Å². The van der Waals surface area contributed by atoms with Crippen molar-refractivity contribution < 1.29 is 47.4 Å². The summed E-state index contributed by atoms with van der Waals surface area (Å²) in [6.45, 7) is 1.55. The van der Waals surface area contributed by atoms with Gasteiger partial charge in [0.2, 0.25) is 0 Å². The Morgan fingerprint density at radius 1 is 0.467 bits per heavy atom. The van der Waals surface area contributed by atoms with Crippen LogP contribution in [0.1, 0.15) is 45.0 Å². The topological polar surface area (TPSA) is 124 Å². The van der Waals surface area contributed by atoms with Crippen LogP contribution >= 0.6 is 0 Å². The van der Waals surface area contributed by atoms with Crippen LogP contribution < -0.4 is 19.6 Å². The maximum atomic E-state index is 14.6. The highest BCUT2D eigenvalue weighted by Crippen LogP contribution is 2.47. The normalized spacial score (nSPS) is 17.4. The predicted octanol–water partition coefficient (Wildman–Crippen LogP) is 12.7. The van der Waals surface area contributed by atoms with Crippen LogP contribution in [0.15, 0.2) is 222 Å². The molecule has 1 aliphatic heterocycles. The molecule has 75 heavy (non-hydrogen) atoms. The Labute approximate surface area is 436 Å². The van der Waals surface area contributed by atoms with Gasteiger partial charge in [-0.1, -0.05) is 182 Å². The van der Waals surface area contributed by atoms with Crippen molar-refractivity contribution in [3.05, 3.63) is 261 Å². The van der Waals surface area contributed by atoms with Gasteiger partial charge in [0.1, 0.15) is 66.4 Å². The molecule has 0 aliphatic carbocycles. The maximum Gasteiger partial charge on any atom is 0.197 e. The van der Waals surface area contributed by atoms with E-state index in [0.717, 1.165) is 33.4 Å². The zero-order valence-electron chi connectivity index (χ0n) is 41.6. The molecule has 0 bridgehead atoms. The van der Waals surface area contributed by atoms with Crippen molar-refractivity contribution in [1.82, 2.24) is 0 Å². The molecular weight excluding hydrogens is 945 g/mol. The Kier molecular flexibility index (Phi) is 16.7. The van der Waals surface area contributed by atoms with Crippen molar-refractivity contribution in [2.24, 2.45) is 0 Å². The minimum absolute atomic E-state index is 0.0400. The molecule has 11 heteroatoms. The maximum absolute atomic E-state index is 14.6. The van der Waals surface area contributed by atoms with Gasteiger partial charge >= 0.3 is 0 Å². The highest BCUT2D eigenvalue weighted by atomic mass is 16.6. The number of phenolic OH excluding ortho intramolecular Hbond substituents is 1. The first-order valence-corrected chi connectivity index (χ1v) is 25.1. The fourth-order valence-electron chi connectivity index (χ4n) is 9.28. The first-order chi connectivity index (χ1) is 37.0. The lowest BCUT2D eigenvalue weighted by atomic mass is 9.88. The minimum Gasteiger partial charge on any atom is -0.507 e. The summed E-state index contributed by atoms with van der Waals surface area (Å²) in [5.74, 6) is 1.00. The van der Waals surface area contributed by atoms with E-state index in [-0.39, 0.29) is 61.3 Å². The molecule has 8 aromatic carbocycles. The first-order valence-electron chi connectivity index (χ1n) is 25.1. The van der Waals surface area contributed by atoms with Gasteiger partial charge in [-0.15, -0.1) is 0 Å². The second-order valence-electron chi connectivity index (χ2n) is 18.3. The summed E-state index contributed by atoms with van der Waals surface area (Å²) in [5.41, 5.74) is 6.12. The van der Waals surface area contributed by atoms with E-state index < -0.39 is 35.9 Å². The van der Waals surface area contributed by atoms with Gasteiger partial charge < -0.3 is 47.4 Å². The molecule has 1 aromatic heterocycles. The number of hydrogen-bond acceptors (Lipinski definition) is 11. The van der Waals surface area contributed by atoms with Crippen LogP contribution in [-0.4, -0.2) is 43.2 Å². The fraction of sp³-hybridized carbons (Fsp3) is 0.203. The van der Waals surface area contributed by atoms with Crippen molar-refractivity contribution >= 4 is 11.0 Å². The molecule has 0 radical (unpaired) electrons. The summed E-state index contributed by atoms with van der Waals surface area (Å²) in [6, 6.07) is 67.4. The molecule has 10 rings (SSSR count). The summed E-state index contributed by atoms with van der Waals surface area (Å²) in [4.78, 5) is 14.6. The predicted molar refractivity (Wildman–Crippen MR) is 286 cm³/mol. The standard InChI is InChI=1S/C64H58O11/c1-67-56-36-52(66)58-51(65)35-54(50-32-33-53(69-38-45-22-10-3-11-23-45)55(34-50)70-39-46-24-12-4-13-25-46)74-61(58)59(56)62-64(73-42-49-30-18-7-19-31-49)63(72-41-48-28-16-6-17-29-48)60(71-40-47-26-14-5-15-27-47)57(75-62)43-68-37-44-20-8-2-9-21-44/h2-36,57,60,62-64,66H,37-43H2,1H3/t57-,60-,62+,63+,64+/m1/s1. The average molecular weight is 1000 g/mol. The quantitative estimate of drug-likeness (QED) is 0.0698. The van der Waals surface area contributed by atoms with Gasteiger partial charge in [-0.3, -0.25) is 4.79 Å². The molecule has 0 unspecified atom stereocenters. The molecule has 9 aromatic rings. The van der Waals surface area contributed by atoms with Crippen molar-refractivity contribution in [2.45, 2.75) is 70.2 Å². The van der Waals surface area contributed by atoms with E-state index in [1.165, 1.54) is 19.2 Å². The number of fused-ring (bicyclic) bond motifs is 1. The van der Waals surface area contributed by atoms with E-state index in [2.05, 4.69) is 0 Å². The lowest BCUT2D eigenvalue weighted by molar-refractivity contribution is -0.275. The zero-order chi connectivity index (χ0) is 51.2. The minimum atomic E-state index is -1.06. The summed E-state index contributed by atoms with van der Waals surface area (Å²) < 4.78 is 60.8. The van der Waals surface area contributed by atoms with E-state index in [4.69, 9.17) is 42.3 Å². The smallest absolute Gasteiger partial charge is 0.197 e. The highest BCUT2D eigenvalue weighted by molar-refractivity contribution is 5.90.